The summed E-state index contributed by atoms with van der Waals surface area (Å²) in [7, 11) is 1.71. The molecule has 7 atom stereocenters. The van der Waals surface area contributed by atoms with Gasteiger partial charge in [-0.1, -0.05) is 13.0 Å². The van der Waals surface area contributed by atoms with E-state index in [4.69, 9.17) is 9.47 Å². The van der Waals surface area contributed by atoms with Crippen LogP contribution in [0.2, 0.25) is 0 Å². The number of nitrogens with zero attached hydrogens (tertiary/aromatic N) is 1. The molecule has 4 rings (SSSR count). The number of fused-ring (bicyclic) bond motifs is 4. The SMILES string of the molecule is COCO[C@H]1CC[C@@H]2C(CC[C@@H]3C[C@]4(C)C(C#N)=CC[C@H]4C[C@H]32)C1. The lowest BCUT2D eigenvalue weighted by molar-refractivity contribution is -0.114. The zero-order chi connectivity index (χ0) is 16.7. The highest BCUT2D eigenvalue weighted by Crippen LogP contribution is 2.61. The van der Waals surface area contributed by atoms with Gasteiger partial charge in [-0.15, -0.1) is 0 Å². The fourth-order valence-corrected chi connectivity index (χ4v) is 6.72. The molecular formula is C21H31NO2. The van der Waals surface area contributed by atoms with Gasteiger partial charge in [0.25, 0.3) is 0 Å². The Labute approximate surface area is 146 Å². The van der Waals surface area contributed by atoms with Crippen molar-refractivity contribution >= 4 is 0 Å². The average Bonchev–Trinajstić information content (AvgIpc) is 2.92. The molecule has 0 amide bonds. The van der Waals surface area contributed by atoms with Gasteiger partial charge in [-0.3, -0.25) is 0 Å². The molecule has 1 unspecified atom stereocenters. The summed E-state index contributed by atoms with van der Waals surface area (Å²) in [6, 6.07) is 2.51. The summed E-state index contributed by atoms with van der Waals surface area (Å²) in [5.74, 6) is 4.22. The van der Waals surface area contributed by atoms with E-state index < -0.39 is 0 Å². The fourth-order valence-electron chi connectivity index (χ4n) is 6.72. The number of hydrogen-bond acceptors (Lipinski definition) is 3. The van der Waals surface area contributed by atoms with Gasteiger partial charge in [0.1, 0.15) is 6.79 Å². The largest absolute Gasteiger partial charge is 0.359 e. The Hall–Kier alpha value is -0.850. The second-order valence-electron chi connectivity index (χ2n) is 8.95. The smallest absolute Gasteiger partial charge is 0.146 e. The second-order valence-corrected chi connectivity index (χ2v) is 8.95. The lowest BCUT2D eigenvalue weighted by Crippen LogP contribution is -2.47. The van der Waals surface area contributed by atoms with E-state index >= 15 is 0 Å². The van der Waals surface area contributed by atoms with Crippen molar-refractivity contribution in [3.05, 3.63) is 11.6 Å². The molecule has 0 N–H and O–H groups in total. The van der Waals surface area contributed by atoms with Crippen molar-refractivity contribution in [2.45, 2.75) is 64.4 Å². The van der Waals surface area contributed by atoms with Crippen LogP contribution in [-0.2, 0) is 9.47 Å². The Morgan fingerprint density at radius 3 is 2.79 bits per heavy atom. The maximum absolute atomic E-state index is 9.51. The molecule has 4 aliphatic carbocycles. The highest BCUT2D eigenvalue weighted by atomic mass is 16.7. The molecule has 0 aromatic heterocycles. The van der Waals surface area contributed by atoms with Crippen LogP contribution in [-0.4, -0.2) is 20.0 Å². The van der Waals surface area contributed by atoms with Crippen molar-refractivity contribution in [3.63, 3.8) is 0 Å². The predicted octanol–water partition coefficient (Wildman–Crippen LogP) is 4.69. The second kappa shape index (κ2) is 6.46. The van der Waals surface area contributed by atoms with E-state index in [1.54, 1.807) is 7.11 Å². The van der Waals surface area contributed by atoms with Gasteiger partial charge in [0, 0.05) is 18.1 Å². The normalized spacial score (nSPS) is 47.1. The quantitative estimate of drug-likeness (QED) is 0.706. The first-order valence-electron chi connectivity index (χ1n) is 9.87. The molecule has 0 saturated heterocycles. The van der Waals surface area contributed by atoms with E-state index in [2.05, 4.69) is 19.1 Å². The highest BCUT2D eigenvalue weighted by molar-refractivity contribution is 5.35. The van der Waals surface area contributed by atoms with Crippen LogP contribution in [0.3, 0.4) is 0 Å². The van der Waals surface area contributed by atoms with Gasteiger partial charge in [0.15, 0.2) is 0 Å². The Balaban J connectivity index is 1.45. The molecule has 3 nitrogen and oxygen atoms in total. The molecule has 3 fully saturated rings. The first-order chi connectivity index (χ1) is 11.7. The van der Waals surface area contributed by atoms with Crippen LogP contribution in [0, 0.1) is 46.3 Å². The first kappa shape index (κ1) is 16.6. The van der Waals surface area contributed by atoms with Gasteiger partial charge < -0.3 is 9.47 Å². The molecule has 0 bridgehead atoms. The number of hydrogen-bond donors (Lipinski definition) is 0. The van der Waals surface area contributed by atoms with Crippen molar-refractivity contribution in [1.29, 1.82) is 5.26 Å². The third kappa shape index (κ3) is 2.63. The minimum atomic E-state index is 0.182. The van der Waals surface area contributed by atoms with E-state index in [1.165, 1.54) is 44.9 Å². The van der Waals surface area contributed by atoms with Crippen LogP contribution < -0.4 is 0 Å². The van der Waals surface area contributed by atoms with Crippen LogP contribution in [0.25, 0.3) is 0 Å². The Bertz CT molecular complexity index is 551. The predicted molar refractivity (Wildman–Crippen MR) is 92.9 cm³/mol. The van der Waals surface area contributed by atoms with Crippen molar-refractivity contribution < 1.29 is 9.47 Å². The van der Waals surface area contributed by atoms with Gasteiger partial charge in [-0.2, -0.15) is 5.26 Å². The van der Waals surface area contributed by atoms with E-state index in [0.29, 0.717) is 12.9 Å². The summed E-state index contributed by atoms with van der Waals surface area (Å²) in [6.07, 6.45) is 12.9. The molecule has 132 valence electrons. The van der Waals surface area contributed by atoms with Crippen LogP contribution in [0.1, 0.15) is 58.3 Å². The molecule has 3 saturated carbocycles. The molecule has 0 spiro atoms. The summed E-state index contributed by atoms with van der Waals surface area (Å²) < 4.78 is 11.0. The summed E-state index contributed by atoms with van der Waals surface area (Å²) in [6.45, 7) is 2.81. The van der Waals surface area contributed by atoms with E-state index in [-0.39, 0.29) is 5.41 Å². The van der Waals surface area contributed by atoms with E-state index in [1.807, 2.05) is 0 Å². The molecule has 0 heterocycles. The summed E-state index contributed by atoms with van der Waals surface area (Å²) in [5, 5.41) is 9.51. The third-order valence-electron chi connectivity index (χ3n) is 7.96. The minimum absolute atomic E-state index is 0.182. The van der Waals surface area contributed by atoms with Gasteiger partial charge in [0.2, 0.25) is 0 Å². The van der Waals surface area contributed by atoms with Crippen LogP contribution in [0.5, 0.6) is 0 Å². The molecule has 0 aliphatic heterocycles. The van der Waals surface area contributed by atoms with Crippen molar-refractivity contribution in [1.82, 2.24) is 0 Å². The van der Waals surface area contributed by atoms with Crippen molar-refractivity contribution in [3.8, 4) is 6.07 Å². The maximum atomic E-state index is 9.51. The molecule has 0 aromatic rings. The first-order valence-corrected chi connectivity index (χ1v) is 9.87. The molecule has 3 heteroatoms. The highest BCUT2D eigenvalue weighted by Gasteiger charge is 2.53. The Morgan fingerprint density at radius 1 is 1.17 bits per heavy atom. The summed E-state index contributed by atoms with van der Waals surface area (Å²) >= 11 is 0. The monoisotopic (exact) mass is 329 g/mol. The lowest BCUT2D eigenvalue weighted by atomic mass is 9.51. The number of nitriles is 1. The minimum Gasteiger partial charge on any atom is -0.359 e. The number of rotatable bonds is 3. The van der Waals surface area contributed by atoms with Crippen molar-refractivity contribution in [2.75, 3.05) is 13.9 Å². The van der Waals surface area contributed by atoms with Gasteiger partial charge in [-0.25, -0.2) is 0 Å². The van der Waals surface area contributed by atoms with Crippen LogP contribution in [0.4, 0.5) is 0 Å². The number of allylic oxidation sites excluding steroid dienone is 2. The Kier molecular flexibility index (Phi) is 4.47. The Morgan fingerprint density at radius 2 is 2.00 bits per heavy atom. The number of methoxy groups -OCH3 is 1. The standard InChI is InChI=1S/C21H31NO2/c1-21-11-15-4-3-14-9-18(24-13-23-2)7-8-19(14)20(15)10-16(21)5-6-17(21)12-22/h6,14-16,18-20H,3-5,7-11,13H2,1-2H3/t14?,15-,16+,18+,19-,20-,21+/m1/s1. The zero-order valence-corrected chi connectivity index (χ0v) is 15.2. The zero-order valence-electron chi connectivity index (χ0n) is 15.2. The molecule has 0 radical (unpaired) electrons. The lowest BCUT2D eigenvalue weighted by Gasteiger charge is -2.54. The molecular weight excluding hydrogens is 298 g/mol. The summed E-state index contributed by atoms with van der Waals surface area (Å²) in [5.41, 5.74) is 1.27. The van der Waals surface area contributed by atoms with Crippen LogP contribution >= 0.6 is 0 Å². The maximum Gasteiger partial charge on any atom is 0.146 e. The van der Waals surface area contributed by atoms with Gasteiger partial charge in [-0.05, 0) is 81.0 Å². The third-order valence-corrected chi connectivity index (χ3v) is 7.96. The van der Waals surface area contributed by atoms with E-state index in [9.17, 15) is 5.26 Å². The topological polar surface area (TPSA) is 42.2 Å². The van der Waals surface area contributed by atoms with Crippen molar-refractivity contribution in [2.24, 2.45) is 35.0 Å². The molecule has 4 aliphatic rings. The van der Waals surface area contributed by atoms with Gasteiger partial charge >= 0.3 is 0 Å². The fraction of sp³-hybridized carbons (Fsp3) is 0.857. The number of ether oxygens (including phenoxy) is 2. The summed E-state index contributed by atoms with van der Waals surface area (Å²) in [4.78, 5) is 0. The average molecular weight is 329 g/mol. The van der Waals surface area contributed by atoms with Gasteiger partial charge in [0.05, 0.1) is 12.2 Å². The molecule has 0 aromatic carbocycles. The van der Waals surface area contributed by atoms with Crippen LogP contribution in [0.15, 0.2) is 11.6 Å². The molecule has 24 heavy (non-hydrogen) atoms. The van der Waals surface area contributed by atoms with E-state index in [0.717, 1.165) is 41.6 Å².